The molecule has 4 nitrogen and oxygen atoms in total. The fraction of sp³-hybridized carbons (Fsp3) is 0.417. The van der Waals surface area contributed by atoms with Crippen LogP contribution in [0.2, 0.25) is 5.02 Å². The Kier molecular flexibility index (Phi) is 6.62. The van der Waals surface area contributed by atoms with Crippen LogP contribution in [-0.2, 0) is 16.0 Å². The fourth-order valence-electron chi connectivity index (χ4n) is 1.32. The molecule has 0 spiro atoms. The van der Waals surface area contributed by atoms with Crippen LogP contribution in [0.3, 0.4) is 0 Å². The molecule has 0 bridgehead atoms. The van der Waals surface area contributed by atoms with Gasteiger partial charge >= 0.3 is 0 Å². The molecule has 0 heterocycles. The van der Waals surface area contributed by atoms with E-state index in [1.807, 2.05) is 12.1 Å². The van der Waals surface area contributed by atoms with Crippen molar-refractivity contribution in [2.75, 3.05) is 26.4 Å². The summed E-state index contributed by atoms with van der Waals surface area (Å²) < 4.78 is 5.02. The lowest BCUT2D eigenvalue weighted by molar-refractivity contribution is -0.120. The Morgan fingerprint density at radius 2 is 2.24 bits per heavy atom. The summed E-state index contributed by atoms with van der Waals surface area (Å²) in [6, 6.07) is 7.21. The second-order valence-electron chi connectivity index (χ2n) is 3.49. The first kappa shape index (κ1) is 14.0. The summed E-state index contributed by atoms with van der Waals surface area (Å²) in [4.78, 5) is 11.5. The Hall–Kier alpha value is -1.10. The molecule has 0 saturated heterocycles. The number of rotatable bonds is 7. The lowest BCUT2D eigenvalue weighted by atomic mass is 10.1. The maximum absolute atomic E-state index is 11.5. The first-order chi connectivity index (χ1) is 8.22. The minimum atomic E-state index is -0.0696. The molecule has 0 aliphatic rings. The minimum absolute atomic E-state index is 0.00351. The summed E-state index contributed by atoms with van der Waals surface area (Å²) in [7, 11) is 0. The quantitative estimate of drug-likeness (QED) is 0.717. The summed E-state index contributed by atoms with van der Waals surface area (Å²) in [6.45, 7) is 1.14. The maximum atomic E-state index is 11.5. The van der Waals surface area contributed by atoms with Crippen molar-refractivity contribution in [2.24, 2.45) is 0 Å². The molecular weight excluding hydrogens is 242 g/mol. The van der Waals surface area contributed by atoms with Crippen LogP contribution in [0.4, 0.5) is 0 Å². The topological polar surface area (TPSA) is 58.6 Å². The van der Waals surface area contributed by atoms with Gasteiger partial charge in [0.2, 0.25) is 5.91 Å². The van der Waals surface area contributed by atoms with E-state index in [0.717, 1.165) is 5.56 Å². The van der Waals surface area contributed by atoms with Crippen LogP contribution < -0.4 is 5.32 Å². The van der Waals surface area contributed by atoms with Crippen LogP contribution in [0.5, 0.6) is 0 Å². The van der Waals surface area contributed by atoms with Gasteiger partial charge in [-0.25, -0.2) is 0 Å². The second kappa shape index (κ2) is 8.06. The first-order valence-corrected chi connectivity index (χ1v) is 5.80. The number of carbonyl (C=O) groups excluding carboxylic acids is 1. The number of ether oxygens (including phenoxy) is 1. The van der Waals surface area contributed by atoms with Crippen LogP contribution >= 0.6 is 11.6 Å². The molecule has 0 radical (unpaired) electrons. The van der Waals surface area contributed by atoms with Crippen molar-refractivity contribution in [2.45, 2.75) is 6.42 Å². The molecule has 1 rings (SSSR count). The zero-order valence-corrected chi connectivity index (χ0v) is 10.2. The van der Waals surface area contributed by atoms with Crippen LogP contribution in [0.15, 0.2) is 24.3 Å². The molecule has 0 fully saturated rings. The standard InChI is InChI=1S/C12H16ClNO3/c13-11-3-1-2-10(8-11)9-12(16)14-4-6-17-7-5-15/h1-3,8,15H,4-7,9H2,(H,14,16). The molecule has 0 unspecified atom stereocenters. The molecule has 0 saturated carbocycles. The van der Waals surface area contributed by atoms with E-state index >= 15 is 0 Å². The molecule has 1 amide bonds. The van der Waals surface area contributed by atoms with Gasteiger partial charge in [-0.2, -0.15) is 0 Å². The van der Waals surface area contributed by atoms with Crippen LogP contribution in [0, 0.1) is 0 Å². The highest BCUT2D eigenvalue weighted by molar-refractivity contribution is 6.30. The lowest BCUT2D eigenvalue weighted by Crippen LogP contribution is -2.28. The number of hydrogen-bond acceptors (Lipinski definition) is 3. The van der Waals surface area contributed by atoms with Crippen molar-refractivity contribution in [1.82, 2.24) is 5.32 Å². The SMILES string of the molecule is O=C(Cc1cccc(Cl)c1)NCCOCCO. The second-order valence-corrected chi connectivity index (χ2v) is 3.93. The van der Waals surface area contributed by atoms with Crippen LogP contribution in [0.25, 0.3) is 0 Å². The molecule has 1 aromatic carbocycles. The molecule has 0 aliphatic carbocycles. The maximum Gasteiger partial charge on any atom is 0.224 e. The summed E-state index contributed by atoms with van der Waals surface area (Å²) in [5.74, 6) is -0.0696. The molecule has 0 atom stereocenters. The Bertz CT molecular complexity index is 357. The normalized spacial score (nSPS) is 10.2. The molecule has 5 heteroatoms. The average molecular weight is 258 g/mol. The van der Waals surface area contributed by atoms with E-state index in [4.69, 9.17) is 21.4 Å². The van der Waals surface area contributed by atoms with Crippen molar-refractivity contribution in [3.05, 3.63) is 34.9 Å². The summed E-state index contributed by atoms with van der Waals surface area (Å²) >= 11 is 5.81. The van der Waals surface area contributed by atoms with E-state index in [2.05, 4.69) is 5.32 Å². The van der Waals surface area contributed by atoms with Crippen molar-refractivity contribution in [3.8, 4) is 0 Å². The van der Waals surface area contributed by atoms with E-state index in [0.29, 0.717) is 31.2 Å². The summed E-state index contributed by atoms with van der Waals surface area (Å²) in [5, 5.41) is 11.8. The predicted octanol–water partition coefficient (Wildman–Crippen LogP) is 1.01. The largest absolute Gasteiger partial charge is 0.394 e. The third-order valence-electron chi connectivity index (χ3n) is 2.06. The summed E-state index contributed by atoms with van der Waals surface area (Å²) in [5.41, 5.74) is 0.881. The third kappa shape index (κ3) is 6.26. The molecule has 2 N–H and O–H groups in total. The number of carbonyl (C=O) groups is 1. The van der Waals surface area contributed by atoms with E-state index < -0.39 is 0 Å². The molecule has 1 aromatic rings. The number of aliphatic hydroxyl groups excluding tert-OH is 1. The van der Waals surface area contributed by atoms with Gasteiger partial charge in [0.1, 0.15) is 0 Å². The van der Waals surface area contributed by atoms with Crippen molar-refractivity contribution < 1.29 is 14.6 Å². The molecule has 0 aromatic heterocycles. The van der Waals surface area contributed by atoms with Gasteiger partial charge in [-0.15, -0.1) is 0 Å². The van der Waals surface area contributed by atoms with Gasteiger partial charge in [-0.3, -0.25) is 4.79 Å². The van der Waals surface area contributed by atoms with Gasteiger partial charge < -0.3 is 15.2 Å². The monoisotopic (exact) mass is 257 g/mol. The van der Waals surface area contributed by atoms with Gasteiger partial charge in [0.15, 0.2) is 0 Å². The average Bonchev–Trinajstić information content (AvgIpc) is 2.29. The number of benzene rings is 1. The van der Waals surface area contributed by atoms with E-state index in [1.165, 1.54) is 0 Å². The van der Waals surface area contributed by atoms with Crippen LogP contribution in [-0.4, -0.2) is 37.4 Å². The number of halogens is 1. The zero-order chi connectivity index (χ0) is 12.5. The fourth-order valence-corrected chi connectivity index (χ4v) is 1.54. The highest BCUT2D eigenvalue weighted by atomic mass is 35.5. The Labute approximate surface area is 106 Å². The number of hydrogen-bond donors (Lipinski definition) is 2. The van der Waals surface area contributed by atoms with Crippen molar-refractivity contribution >= 4 is 17.5 Å². The van der Waals surface area contributed by atoms with Gasteiger partial charge in [-0.1, -0.05) is 23.7 Å². The number of nitrogens with one attached hydrogen (secondary N) is 1. The molecule has 17 heavy (non-hydrogen) atoms. The van der Waals surface area contributed by atoms with Gasteiger partial charge in [-0.05, 0) is 17.7 Å². The van der Waals surface area contributed by atoms with Gasteiger partial charge in [0, 0.05) is 11.6 Å². The predicted molar refractivity (Wildman–Crippen MR) is 66.1 cm³/mol. The Morgan fingerprint density at radius 3 is 2.94 bits per heavy atom. The summed E-state index contributed by atoms with van der Waals surface area (Å²) in [6.07, 6.45) is 0.306. The zero-order valence-electron chi connectivity index (χ0n) is 9.49. The molecule has 0 aliphatic heterocycles. The van der Waals surface area contributed by atoms with Gasteiger partial charge in [0.05, 0.1) is 26.2 Å². The highest BCUT2D eigenvalue weighted by Crippen LogP contribution is 2.10. The third-order valence-corrected chi connectivity index (χ3v) is 2.29. The minimum Gasteiger partial charge on any atom is -0.394 e. The van der Waals surface area contributed by atoms with E-state index in [-0.39, 0.29) is 12.5 Å². The van der Waals surface area contributed by atoms with Crippen LogP contribution in [0.1, 0.15) is 5.56 Å². The van der Waals surface area contributed by atoms with E-state index in [1.54, 1.807) is 12.1 Å². The van der Waals surface area contributed by atoms with E-state index in [9.17, 15) is 4.79 Å². The smallest absolute Gasteiger partial charge is 0.224 e. The first-order valence-electron chi connectivity index (χ1n) is 5.42. The molecular formula is C12H16ClNO3. The lowest BCUT2D eigenvalue weighted by Gasteiger charge is -2.06. The number of amides is 1. The Morgan fingerprint density at radius 1 is 1.41 bits per heavy atom. The van der Waals surface area contributed by atoms with Crippen molar-refractivity contribution in [3.63, 3.8) is 0 Å². The molecule has 94 valence electrons. The number of aliphatic hydroxyl groups is 1. The Balaban J connectivity index is 2.21. The van der Waals surface area contributed by atoms with Crippen molar-refractivity contribution in [1.29, 1.82) is 0 Å². The highest BCUT2D eigenvalue weighted by Gasteiger charge is 2.02. The van der Waals surface area contributed by atoms with Gasteiger partial charge in [0.25, 0.3) is 0 Å².